The SMILES string of the molecule is CCNCC1CC1(C)CCc1ccccc1. The van der Waals surface area contributed by atoms with Crippen molar-refractivity contribution < 1.29 is 0 Å². The molecule has 0 amide bonds. The lowest BCUT2D eigenvalue weighted by Crippen LogP contribution is -2.18. The van der Waals surface area contributed by atoms with E-state index in [1.807, 2.05) is 0 Å². The summed E-state index contributed by atoms with van der Waals surface area (Å²) < 4.78 is 0. The van der Waals surface area contributed by atoms with Crippen molar-refractivity contribution in [1.29, 1.82) is 0 Å². The van der Waals surface area contributed by atoms with Crippen LogP contribution in [-0.4, -0.2) is 13.1 Å². The van der Waals surface area contributed by atoms with Gasteiger partial charge in [0.05, 0.1) is 0 Å². The molecule has 1 aliphatic carbocycles. The van der Waals surface area contributed by atoms with Gasteiger partial charge in [-0.25, -0.2) is 0 Å². The molecule has 0 aliphatic heterocycles. The van der Waals surface area contributed by atoms with Crippen LogP contribution in [0.1, 0.15) is 32.3 Å². The molecule has 0 bridgehead atoms. The Morgan fingerprint density at radius 2 is 2.06 bits per heavy atom. The van der Waals surface area contributed by atoms with E-state index in [4.69, 9.17) is 0 Å². The molecule has 1 fully saturated rings. The number of aryl methyl sites for hydroxylation is 1. The van der Waals surface area contributed by atoms with E-state index in [2.05, 4.69) is 49.5 Å². The fraction of sp³-hybridized carbons (Fsp3) is 0.600. The zero-order chi connectivity index (χ0) is 11.4. The first-order chi connectivity index (χ1) is 7.74. The molecule has 0 spiro atoms. The third-order valence-corrected chi connectivity index (χ3v) is 4.01. The Morgan fingerprint density at radius 1 is 1.31 bits per heavy atom. The molecular weight excluding hydrogens is 194 g/mol. The molecule has 1 heteroatoms. The van der Waals surface area contributed by atoms with Crippen LogP contribution in [0.25, 0.3) is 0 Å². The summed E-state index contributed by atoms with van der Waals surface area (Å²) in [5.74, 6) is 0.913. The molecule has 2 atom stereocenters. The number of nitrogens with one attached hydrogen (secondary N) is 1. The predicted octanol–water partition coefficient (Wildman–Crippen LogP) is 3.25. The van der Waals surface area contributed by atoms with Gasteiger partial charge in [0.25, 0.3) is 0 Å². The van der Waals surface area contributed by atoms with Gasteiger partial charge in [-0.05, 0) is 49.2 Å². The van der Waals surface area contributed by atoms with Gasteiger partial charge >= 0.3 is 0 Å². The number of benzene rings is 1. The maximum Gasteiger partial charge on any atom is -0.00152 e. The second kappa shape index (κ2) is 5.01. The van der Waals surface area contributed by atoms with Crippen molar-refractivity contribution in [3.05, 3.63) is 35.9 Å². The van der Waals surface area contributed by atoms with Gasteiger partial charge in [-0.3, -0.25) is 0 Å². The lowest BCUT2D eigenvalue weighted by molar-refractivity contribution is 0.448. The van der Waals surface area contributed by atoms with E-state index in [-0.39, 0.29) is 0 Å². The fourth-order valence-corrected chi connectivity index (χ4v) is 2.52. The van der Waals surface area contributed by atoms with Gasteiger partial charge in [0.2, 0.25) is 0 Å². The quantitative estimate of drug-likeness (QED) is 0.771. The van der Waals surface area contributed by atoms with E-state index in [0.717, 1.165) is 12.5 Å². The molecular formula is C15H23N. The highest BCUT2D eigenvalue weighted by atomic mass is 14.9. The van der Waals surface area contributed by atoms with Crippen LogP contribution in [0.5, 0.6) is 0 Å². The first-order valence-electron chi connectivity index (χ1n) is 6.49. The third-order valence-electron chi connectivity index (χ3n) is 4.01. The largest absolute Gasteiger partial charge is 0.317 e. The van der Waals surface area contributed by atoms with E-state index >= 15 is 0 Å². The average molecular weight is 217 g/mol. The number of rotatable bonds is 6. The van der Waals surface area contributed by atoms with E-state index in [9.17, 15) is 0 Å². The summed E-state index contributed by atoms with van der Waals surface area (Å²) in [5, 5.41) is 3.46. The number of hydrogen-bond donors (Lipinski definition) is 1. The Hall–Kier alpha value is -0.820. The van der Waals surface area contributed by atoms with Crippen LogP contribution in [0, 0.1) is 11.3 Å². The van der Waals surface area contributed by atoms with Gasteiger partial charge in [0.1, 0.15) is 0 Å². The molecule has 0 saturated heterocycles. The Morgan fingerprint density at radius 3 is 2.75 bits per heavy atom. The second-order valence-electron chi connectivity index (χ2n) is 5.35. The Balaban J connectivity index is 1.75. The molecule has 2 unspecified atom stereocenters. The summed E-state index contributed by atoms with van der Waals surface area (Å²) in [6.07, 6.45) is 3.99. The molecule has 88 valence electrons. The van der Waals surface area contributed by atoms with Crippen LogP contribution >= 0.6 is 0 Å². The van der Waals surface area contributed by atoms with Gasteiger partial charge in [0.15, 0.2) is 0 Å². The molecule has 0 radical (unpaired) electrons. The zero-order valence-corrected chi connectivity index (χ0v) is 10.5. The van der Waals surface area contributed by atoms with E-state index in [0.29, 0.717) is 5.41 Å². The average Bonchev–Trinajstić information content (AvgIpc) is 2.97. The van der Waals surface area contributed by atoms with Gasteiger partial charge in [-0.15, -0.1) is 0 Å². The maximum atomic E-state index is 3.46. The predicted molar refractivity (Wildman–Crippen MR) is 69.5 cm³/mol. The van der Waals surface area contributed by atoms with E-state index in [1.54, 1.807) is 0 Å². The normalized spacial score (nSPS) is 28.0. The topological polar surface area (TPSA) is 12.0 Å². The van der Waals surface area contributed by atoms with Crippen molar-refractivity contribution in [2.24, 2.45) is 11.3 Å². The Kier molecular flexibility index (Phi) is 3.65. The molecule has 0 heterocycles. The summed E-state index contributed by atoms with van der Waals surface area (Å²) in [6.45, 7) is 6.94. The van der Waals surface area contributed by atoms with Crippen molar-refractivity contribution in [2.45, 2.75) is 33.1 Å². The summed E-state index contributed by atoms with van der Waals surface area (Å²) in [7, 11) is 0. The van der Waals surface area contributed by atoms with Crippen LogP contribution < -0.4 is 5.32 Å². The smallest absolute Gasteiger partial charge is 0.00152 e. The number of hydrogen-bond acceptors (Lipinski definition) is 1. The zero-order valence-electron chi connectivity index (χ0n) is 10.5. The Labute approximate surface area is 99.3 Å². The first-order valence-corrected chi connectivity index (χ1v) is 6.49. The summed E-state index contributed by atoms with van der Waals surface area (Å²) in [5.41, 5.74) is 2.09. The van der Waals surface area contributed by atoms with Crippen molar-refractivity contribution in [2.75, 3.05) is 13.1 Å². The molecule has 16 heavy (non-hydrogen) atoms. The molecule has 1 nitrogen and oxygen atoms in total. The monoisotopic (exact) mass is 217 g/mol. The molecule has 1 aromatic carbocycles. The van der Waals surface area contributed by atoms with Crippen molar-refractivity contribution in [1.82, 2.24) is 5.32 Å². The third kappa shape index (κ3) is 2.85. The minimum Gasteiger partial charge on any atom is -0.317 e. The lowest BCUT2D eigenvalue weighted by Gasteiger charge is -2.11. The highest BCUT2D eigenvalue weighted by Crippen LogP contribution is 2.54. The van der Waals surface area contributed by atoms with Gasteiger partial charge in [-0.2, -0.15) is 0 Å². The summed E-state index contributed by atoms with van der Waals surface area (Å²) >= 11 is 0. The highest BCUT2D eigenvalue weighted by Gasteiger charge is 2.48. The standard InChI is InChI=1S/C15H23N/c1-3-16-12-14-11-15(14,2)10-9-13-7-5-4-6-8-13/h4-8,14,16H,3,9-12H2,1-2H3. The molecule has 1 aromatic rings. The van der Waals surface area contributed by atoms with Crippen LogP contribution in [0.2, 0.25) is 0 Å². The highest BCUT2D eigenvalue weighted by molar-refractivity contribution is 5.15. The van der Waals surface area contributed by atoms with Crippen LogP contribution in [-0.2, 0) is 6.42 Å². The molecule has 1 saturated carbocycles. The van der Waals surface area contributed by atoms with Crippen molar-refractivity contribution >= 4 is 0 Å². The second-order valence-corrected chi connectivity index (χ2v) is 5.35. The fourth-order valence-electron chi connectivity index (χ4n) is 2.52. The van der Waals surface area contributed by atoms with Gasteiger partial charge < -0.3 is 5.32 Å². The first kappa shape index (κ1) is 11.7. The summed E-state index contributed by atoms with van der Waals surface area (Å²) in [6, 6.07) is 10.9. The molecule has 0 aromatic heterocycles. The van der Waals surface area contributed by atoms with Crippen molar-refractivity contribution in [3.63, 3.8) is 0 Å². The van der Waals surface area contributed by atoms with Crippen molar-refractivity contribution in [3.8, 4) is 0 Å². The maximum absolute atomic E-state index is 3.46. The minimum atomic E-state index is 0.609. The molecule has 1 N–H and O–H groups in total. The minimum absolute atomic E-state index is 0.609. The van der Waals surface area contributed by atoms with Crippen LogP contribution in [0.3, 0.4) is 0 Å². The van der Waals surface area contributed by atoms with Gasteiger partial charge in [-0.1, -0.05) is 44.2 Å². The molecule has 1 aliphatic rings. The van der Waals surface area contributed by atoms with Crippen LogP contribution in [0.4, 0.5) is 0 Å². The molecule has 2 rings (SSSR count). The van der Waals surface area contributed by atoms with E-state index in [1.165, 1.54) is 31.4 Å². The summed E-state index contributed by atoms with van der Waals surface area (Å²) in [4.78, 5) is 0. The Bertz CT molecular complexity index is 319. The van der Waals surface area contributed by atoms with Gasteiger partial charge in [0, 0.05) is 0 Å². The van der Waals surface area contributed by atoms with Crippen LogP contribution in [0.15, 0.2) is 30.3 Å². The van der Waals surface area contributed by atoms with E-state index < -0.39 is 0 Å². The lowest BCUT2D eigenvalue weighted by atomic mass is 9.96.